The van der Waals surface area contributed by atoms with E-state index >= 15 is 0 Å². The van der Waals surface area contributed by atoms with Gasteiger partial charge in [-0.25, -0.2) is 0 Å². The smallest absolute Gasteiger partial charge is 0.287 e. The molecular weight excluding hydrogens is 204 g/mol. The predicted molar refractivity (Wildman–Crippen MR) is 54.3 cm³/mol. The second-order valence-electron chi connectivity index (χ2n) is 3.65. The summed E-state index contributed by atoms with van der Waals surface area (Å²) in [5.74, 6) is -0.121. The fourth-order valence-corrected chi connectivity index (χ4v) is 1.00. The van der Waals surface area contributed by atoms with Gasteiger partial charge in [0.05, 0.1) is 0 Å². The molecule has 0 spiro atoms. The highest BCUT2D eigenvalue weighted by molar-refractivity contribution is 6.29. The highest BCUT2D eigenvalue weighted by Gasteiger charge is 2.20. The molecule has 14 heavy (non-hydrogen) atoms. The molecule has 0 aliphatic carbocycles. The van der Waals surface area contributed by atoms with Crippen molar-refractivity contribution in [1.82, 2.24) is 5.32 Å². The van der Waals surface area contributed by atoms with Gasteiger partial charge in [-0.3, -0.25) is 4.79 Å². The molecule has 0 aliphatic rings. The van der Waals surface area contributed by atoms with Crippen LogP contribution in [0.15, 0.2) is 16.5 Å². The largest absolute Gasteiger partial charge is 0.440 e. The van der Waals surface area contributed by atoms with E-state index in [1.807, 2.05) is 13.8 Å². The third-order valence-corrected chi connectivity index (χ3v) is 1.96. The van der Waals surface area contributed by atoms with Crippen molar-refractivity contribution in [3.8, 4) is 0 Å². The summed E-state index contributed by atoms with van der Waals surface area (Å²) in [5.41, 5.74) is 5.02. The first kappa shape index (κ1) is 11.1. The van der Waals surface area contributed by atoms with Crippen molar-refractivity contribution >= 4 is 17.5 Å². The first-order valence-corrected chi connectivity index (χ1v) is 4.60. The molecule has 5 heteroatoms. The Morgan fingerprint density at radius 1 is 1.64 bits per heavy atom. The van der Waals surface area contributed by atoms with E-state index in [1.165, 1.54) is 12.1 Å². The molecule has 0 radical (unpaired) electrons. The normalized spacial score (nSPS) is 11.4. The Morgan fingerprint density at radius 3 is 2.71 bits per heavy atom. The van der Waals surface area contributed by atoms with Gasteiger partial charge < -0.3 is 15.5 Å². The van der Waals surface area contributed by atoms with Crippen LogP contribution in [-0.2, 0) is 0 Å². The lowest BCUT2D eigenvalue weighted by molar-refractivity contribution is 0.0887. The van der Waals surface area contributed by atoms with Gasteiger partial charge in [-0.1, -0.05) is 0 Å². The zero-order valence-corrected chi connectivity index (χ0v) is 8.89. The molecule has 0 saturated heterocycles. The van der Waals surface area contributed by atoms with Crippen molar-refractivity contribution in [2.24, 2.45) is 5.73 Å². The van der Waals surface area contributed by atoms with Crippen LogP contribution in [0.5, 0.6) is 0 Å². The molecule has 1 aromatic heterocycles. The van der Waals surface area contributed by atoms with Gasteiger partial charge in [0.15, 0.2) is 11.0 Å². The number of amides is 1. The molecule has 4 nitrogen and oxygen atoms in total. The molecule has 0 atom stereocenters. The molecule has 0 aromatic carbocycles. The van der Waals surface area contributed by atoms with Crippen LogP contribution in [0.3, 0.4) is 0 Å². The van der Waals surface area contributed by atoms with E-state index < -0.39 is 5.54 Å². The van der Waals surface area contributed by atoms with E-state index in [9.17, 15) is 4.79 Å². The Labute approximate surface area is 87.4 Å². The molecule has 1 aromatic rings. The molecule has 0 aliphatic heterocycles. The number of carbonyl (C=O) groups is 1. The van der Waals surface area contributed by atoms with Crippen molar-refractivity contribution in [3.63, 3.8) is 0 Å². The second-order valence-corrected chi connectivity index (χ2v) is 4.02. The maximum atomic E-state index is 11.5. The minimum absolute atomic E-state index is 0.191. The Hall–Kier alpha value is -1.00. The third kappa shape index (κ3) is 2.75. The monoisotopic (exact) mass is 216 g/mol. The maximum absolute atomic E-state index is 11.5. The van der Waals surface area contributed by atoms with Crippen molar-refractivity contribution in [2.45, 2.75) is 19.4 Å². The number of hydrogen-bond acceptors (Lipinski definition) is 3. The third-order valence-electron chi connectivity index (χ3n) is 1.76. The van der Waals surface area contributed by atoms with Gasteiger partial charge in [-0.05, 0) is 37.6 Å². The van der Waals surface area contributed by atoms with Crippen molar-refractivity contribution in [2.75, 3.05) is 6.54 Å². The van der Waals surface area contributed by atoms with Gasteiger partial charge in [0, 0.05) is 12.1 Å². The summed E-state index contributed by atoms with van der Waals surface area (Å²) in [6.07, 6.45) is 0. The van der Waals surface area contributed by atoms with Gasteiger partial charge in [0.2, 0.25) is 0 Å². The SMILES string of the molecule is CC(C)(CN)NC(=O)c1ccc(Cl)o1. The lowest BCUT2D eigenvalue weighted by Gasteiger charge is -2.23. The summed E-state index contributed by atoms with van der Waals surface area (Å²) in [6.45, 7) is 4.01. The number of carbonyl (C=O) groups excluding carboxylic acids is 1. The zero-order chi connectivity index (χ0) is 10.8. The molecule has 1 heterocycles. The number of rotatable bonds is 3. The molecule has 0 saturated carbocycles. The Morgan fingerprint density at radius 2 is 2.29 bits per heavy atom. The van der Waals surface area contributed by atoms with E-state index in [4.69, 9.17) is 21.8 Å². The molecule has 1 rings (SSSR count). The quantitative estimate of drug-likeness (QED) is 0.803. The average Bonchev–Trinajstić information content (AvgIpc) is 2.51. The van der Waals surface area contributed by atoms with Crippen LogP contribution >= 0.6 is 11.6 Å². The van der Waals surface area contributed by atoms with Gasteiger partial charge >= 0.3 is 0 Å². The van der Waals surface area contributed by atoms with Crippen LogP contribution < -0.4 is 11.1 Å². The highest BCUT2D eigenvalue weighted by Crippen LogP contribution is 2.13. The summed E-state index contributed by atoms with van der Waals surface area (Å²) in [6, 6.07) is 3.04. The van der Waals surface area contributed by atoms with Crippen molar-refractivity contribution in [3.05, 3.63) is 23.1 Å². The summed E-state index contributed by atoms with van der Waals surface area (Å²) in [7, 11) is 0. The highest BCUT2D eigenvalue weighted by atomic mass is 35.5. The minimum Gasteiger partial charge on any atom is -0.440 e. The van der Waals surface area contributed by atoms with Crippen LogP contribution in [0.1, 0.15) is 24.4 Å². The lowest BCUT2D eigenvalue weighted by atomic mass is 10.1. The fraction of sp³-hybridized carbons (Fsp3) is 0.444. The van der Waals surface area contributed by atoms with E-state index in [1.54, 1.807) is 0 Å². The van der Waals surface area contributed by atoms with Crippen LogP contribution in [0.4, 0.5) is 0 Å². The molecule has 1 amide bonds. The Bertz CT molecular complexity index is 333. The summed E-state index contributed by atoms with van der Waals surface area (Å²) < 4.78 is 4.95. The van der Waals surface area contributed by atoms with Crippen LogP contribution in [0, 0.1) is 0 Å². The Balaban J connectivity index is 2.68. The molecule has 0 bridgehead atoms. The van der Waals surface area contributed by atoms with E-state index in [2.05, 4.69) is 5.32 Å². The van der Waals surface area contributed by atoms with Gasteiger partial charge in [0.1, 0.15) is 0 Å². The average molecular weight is 217 g/mol. The topological polar surface area (TPSA) is 68.3 Å². The van der Waals surface area contributed by atoms with Crippen LogP contribution in [0.2, 0.25) is 5.22 Å². The van der Waals surface area contributed by atoms with Crippen LogP contribution in [-0.4, -0.2) is 18.0 Å². The van der Waals surface area contributed by atoms with E-state index in [0.717, 1.165) is 0 Å². The lowest BCUT2D eigenvalue weighted by Crippen LogP contribution is -2.48. The summed E-state index contributed by atoms with van der Waals surface area (Å²) >= 11 is 5.54. The van der Waals surface area contributed by atoms with Crippen molar-refractivity contribution < 1.29 is 9.21 Å². The molecule has 0 unspecified atom stereocenters. The fourth-order valence-electron chi connectivity index (χ4n) is 0.856. The first-order valence-electron chi connectivity index (χ1n) is 4.22. The van der Waals surface area contributed by atoms with E-state index in [-0.39, 0.29) is 16.9 Å². The van der Waals surface area contributed by atoms with Gasteiger partial charge in [-0.15, -0.1) is 0 Å². The van der Waals surface area contributed by atoms with Crippen LogP contribution in [0.25, 0.3) is 0 Å². The second kappa shape index (κ2) is 4.02. The number of hydrogen-bond donors (Lipinski definition) is 2. The summed E-state index contributed by atoms with van der Waals surface area (Å²) in [4.78, 5) is 11.5. The van der Waals surface area contributed by atoms with Gasteiger partial charge in [-0.2, -0.15) is 0 Å². The minimum atomic E-state index is -0.448. The van der Waals surface area contributed by atoms with Crippen molar-refractivity contribution in [1.29, 1.82) is 0 Å². The molecule has 0 fully saturated rings. The number of nitrogens with two attached hydrogens (primary N) is 1. The zero-order valence-electron chi connectivity index (χ0n) is 8.13. The number of furan rings is 1. The molecular formula is C9H13ClN2O2. The standard InChI is InChI=1S/C9H13ClN2O2/c1-9(2,5-11)12-8(13)6-3-4-7(10)14-6/h3-4H,5,11H2,1-2H3,(H,12,13). The first-order chi connectivity index (χ1) is 6.44. The molecule has 3 N–H and O–H groups in total. The van der Waals surface area contributed by atoms with E-state index in [0.29, 0.717) is 6.54 Å². The Kier molecular flexibility index (Phi) is 3.18. The number of nitrogens with one attached hydrogen (secondary N) is 1. The maximum Gasteiger partial charge on any atom is 0.287 e. The number of halogens is 1. The molecule has 78 valence electrons. The predicted octanol–water partition coefficient (Wildman–Crippen LogP) is 1.40. The van der Waals surface area contributed by atoms with Gasteiger partial charge in [0.25, 0.3) is 5.91 Å². The summed E-state index contributed by atoms with van der Waals surface area (Å²) in [5, 5.41) is 2.91.